The maximum Gasteiger partial charge on any atom is 0.222 e. The number of carbonyl (C=O) groups is 3. The van der Waals surface area contributed by atoms with Gasteiger partial charge in [0.1, 0.15) is 73.2 Å². The van der Waals surface area contributed by atoms with Crippen LogP contribution in [-0.4, -0.2) is 349 Å². The first kappa shape index (κ1) is 75.6. The molecule has 15 atom stereocenters. The van der Waals surface area contributed by atoms with E-state index in [9.17, 15) is 75.7 Å². The second kappa shape index (κ2) is 43.1. The quantitative estimate of drug-likeness (QED) is 0.0252. The van der Waals surface area contributed by atoms with Crippen LogP contribution in [0.2, 0.25) is 0 Å². The van der Waals surface area contributed by atoms with Gasteiger partial charge in [0, 0.05) is 44.3 Å². The van der Waals surface area contributed by atoms with Crippen LogP contribution in [0.3, 0.4) is 0 Å². The number of rotatable bonds is 48. The minimum atomic E-state index is -1.68. The van der Waals surface area contributed by atoms with Crippen molar-refractivity contribution in [2.24, 2.45) is 5.41 Å². The molecule has 9 unspecified atom stereocenters. The molecule has 0 radical (unpaired) electrons. The third-order valence-electron chi connectivity index (χ3n) is 13.1. The maximum absolute atomic E-state index is 12.5. The van der Waals surface area contributed by atoms with Crippen LogP contribution in [0.5, 0.6) is 0 Å². The Balaban J connectivity index is 1.27. The summed E-state index contributed by atoms with van der Waals surface area (Å²) >= 11 is 0. The summed E-state index contributed by atoms with van der Waals surface area (Å²) in [5, 5.41) is 126. The van der Waals surface area contributed by atoms with Crippen LogP contribution in [0.1, 0.15) is 33.1 Å². The highest BCUT2D eigenvalue weighted by atomic mass is 16.7. The summed E-state index contributed by atoms with van der Waals surface area (Å²) in [5.41, 5.74) is -0.757. The monoisotopic (exact) mass is 1230 g/mol. The molecule has 84 heavy (non-hydrogen) atoms. The lowest BCUT2D eigenvalue weighted by Gasteiger charge is -2.46. The van der Waals surface area contributed by atoms with Crippen molar-refractivity contribution in [3.05, 3.63) is 0 Å². The molecule has 494 valence electrons. The number of aliphatic hydroxyl groups excluding tert-OH is 12. The van der Waals surface area contributed by atoms with Gasteiger partial charge in [-0.25, -0.2) is 0 Å². The van der Waals surface area contributed by atoms with Crippen molar-refractivity contribution in [3.63, 3.8) is 0 Å². The predicted octanol–water partition coefficient (Wildman–Crippen LogP) is -8.50. The van der Waals surface area contributed by atoms with Gasteiger partial charge in [0.05, 0.1) is 159 Å². The number of nitrogens with one attached hydrogen (secondary N) is 3. The van der Waals surface area contributed by atoms with E-state index in [1.807, 2.05) is 6.92 Å². The van der Waals surface area contributed by atoms with Crippen molar-refractivity contribution in [2.45, 2.75) is 125 Å². The fraction of sp³-hybridized carbons (Fsp3) is 0.941. The average Bonchev–Trinajstić information content (AvgIpc) is 2.57. The smallest absolute Gasteiger partial charge is 0.222 e. The van der Waals surface area contributed by atoms with E-state index in [0.29, 0.717) is 0 Å². The molecule has 0 spiro atoms. The van der Waals surface area contributed by atoms with Crippen molar-refractivity contribution in [1.82, 2.24) is 16.0 Å². The van der Waals surface area contributed by atoms with Crippen LogP contribution in [0.25, 0.3) is 0 Å². The van der Waals surface area contributed by atoms with E-state index in [1.54, 1.807) is 0 Å². The zero-order valence-corrected chi connectivity index (χ0v) is 48.0. The van der Waals surface area contributed by atoms with Crippen molar-refractivity contribution >= 4 is 17.7 Å². The van der Waals surface area contributed by atoms with Crippen molar-refractivity contribution < 1.29 is 147 Å². The molecule has 0 aromatic rings. The Labute approximate surface area is 487 Å². The van der Waals surface area contributed by atoms with Gasteiger partial charge in [0.2, 0.25) is 17.7 Å². The van der Waals surface area contributed by atoms with E-state index in [0.717, 1.165) is 0 Å². The largest absolute Gasteiger partial charge is 0.394 e. The van der Waals surface area contributed by atoms with Gasteiger partial charge < -0.3 is 148 Å². The van der Waals surface area contributed by atoms with Gasteiger partial charge in [-0.2, -0.15) is 0 Å². The van der Waals surface area contributed by atoms with Gasteiger partial charge in [-0.1, -0.05) is 6.92 Å². The van der Waals surface area contributed by atoms with Gasteiger partial charge >= 0.3 is 0 Å². The molecule has 0 aliphatic carbocycles. The molecule has 0 bridgehead atoms. The summed E-state index contributed by atoms with van der Waals surface area (Å²) in [5.74, 6) is -2.52. The summed E-state index contributed by atoms with van der Waals surface area (Å²) in [4.78, 5) is 37.6. The first-order valence-electron chi connectivity index (χ1n) is 28.1. The Morgan fingerprint density at radius 1 is 0.405 bits per heavy atom. The molecule has 33 nitrogen and oxygen atoms in total. The molecule has 3 rings (SSSR count). The Bertz CT molecular complexity index is 1660. The Hall–Kier alpha value is -2.67. The lowest BCUT2D eigenvalue weighted by atomic mass is 9.93. The van der Waals surface area contributed by atoms with E-state index in [-0.39, 0.29) is 195 Å². The lowest BCUT2D eigenvalue weighted by Crippen LogP contribution is -2.65. The number of hydrogen-bond donors (Lipinski definition) is 15. The van der Waals surface area contributed by atoms with E-state index in [1.165, 1.54) is 6.92 Å². The molecule has 15 N–H and O–H groups in total. The van der Waals surface area contributed by atoms with E-state index >= 15 is 0 Å². The van der Waals surface area contributed by atoms with E-state index in [2.05, 4.69) is 16.0 Å². The number of carbonyl (C=O) groups excluding carboxylic acids is 3. The summed E-state index contributed by atoms with van der Waals surface area (Å²) in [6.07, 6.45) is -19.4. The van der Waals surface area contributed by atoms with Crippen LogP contribution in [-0.2, 0) is 85.4 Å². The number of hydrogen-bond acceptors (Lipinski definition) is 30. The van der Waals surface area contributed by atoms with Gasteiger partial charge in [0.15, 0.2) is 18.4 Å². The van der Waals surface area contributed by atoms with Crippen LogP contribution < -0.4 is 16.0 Å². The molecule has 3 fully saturated rings. The highest BCUT2D eigenvalue weighted by molar-refractivity contribution is 5.76. The number of amides is 3. The molecule has 3 heterocycles. The first-order valence-corrected chi connectivity index (χ1v) is 28.1. The molecule has 0 aromatic heterocycles. The van der Waals surface area contributed by atoms with Crippen LogP contribution >= 0.6 is 0 Å². The third kappa shape index (κ3) is 28.7. The molecule has 3 saturated heterocycles. The summed E-state index contributed by atoms with van der Waals surface area (Å²) < 4.78 is 82.6. The minimum absolute atomic E-state index is 0.0112. The Morgan fingerprint density at radius 2 is 0.726 bits per heavy atom. The average molecular weight is 1230 g/mol. The van der Waals surface area contributed by atoms with Gasteiger partial charge in [-0.3, -0.25) is 14.4 Å². The van der Waals surface area contributed by atoms with Crippen molar-refractivity contribution in [1.29, 1.82) is 0 Å². The minimum Gasteiger partial charge on any atom is -0.394 e. The van der Waals surface area contributed by atoms with Crippen molar-refractivity contribution in [2.75, 3.05) is 178 Å². The molecular formula is C51H95N3O30. The molecule has 3 aliphatic heterocycles. The molecular weight excluding hydrogens is 1130 g/mol. The third-order valence-corrected chi connectivity index (χ3v) is 13.1. The second-order valence-corrected chi connectivity index (χ2v) is 20.2. The normalized spacial score (nSPS) is 29.8. The van der Waals surface area contributed by atoms with Gasteiger partial charge in [-0.05, 0) is 6.92 Å². The van der Waals surface area contributed by atoms with E-state index in [4.69, 9.17) is 71.1 Å². The topological polar surface area (TPSA) is 469 Å². The highest BCUT2D eigenvalue weighted by Gasteiger charge is 2.52. The van der Waals surface area contributed by atoms with E-state index < -0.39 is 117 Å². The lowest BCUT2D eigenvalue weighted by molar-refractivity contribution is -0.357. The van der Waals surface area contributed by atoms with Crippen LogP contribution in [0, 0.1) is 5.41 Å². The standard InChI is InChI=1S/C51H95N3O30/c1-50(30-76-9-3-36(58)52-6-12-70-15-18-73-21-24-79-48-45(67)42(64)39(61)33(27-55)82-48,31-77-10-4-37(59)53-7-13-71-16-19-74-22-25-80-49-46(68)43(65)40(62)34(28-56)83-49)32-78-11-5-38(60)54-8-14-72-17-20-75-23-26-81-51(2)47(69)44(66)41(63)35(29-57)84-51/h33-35,39-49,55-57,61-69H,3-32H2,1-2H3,(H,52,58)(H,53,59)(H,54,60)/t33?,34?,35?,39-,40-,41-,42?,43?,44?,45?,46?,47?,48+,49+,50?,51+/m1/s1. The predicted molar refractivity (Wildman–Crippen MR) is 282 cm³/mol. The summed E-state index contributed by atoms with van der Waals surface area (Å²) in [7, 11) is 0. The fourth-order valence-electron chi connectivity index (χ4n) is 8.18. The molecule has 0 aromatic carbocycles. The second-order valence-electron chi connectivity index (χ2n) is 20.2. The molecule has 33 heteroatoms. The zero-order chi connectivity index (χ0) is 61.8. The molecule has 3 amide bonds. The fourth-order valence-corrected chi connectivity index (χ4v) is 8.18. The van der Waals surface area contributed by atoms with Crippen LogP contribution in [0.15, 0.2) is 0 Å². The van der Waals surface area contributed by atoms with Gasteiger partial charge in [-0.15, -0.1) is 0 Å². The molecule has 3 aliphatic rings. The summed E-state index contributed by atoms with van der Waals surface area (Å²) in [6.45, 7) is 4.67. The van der Waals surface area contributed by atoms with Crippen LogP contribution in [0.4, 0.5) is 0 Å². The molecule has 0 saturated carbocycles. The number of ether oxygens (including phenoxy) is 15. The zero-order valence-electron chi connectivity index (χ0n) is 48.0. The SMILES string of the molecule is CC(COCCC(=O)NCCOCCOCCO[C@H]1OC(CO)[C@@H](O)C(O)C1O)(COCCC(=O)NCCOCCOCCO[C@H]1OC(CO)[C@@H](O)C(O)C1O)COCCC(=O)NCCOCCOCCO[C@@]1(C)OC(CO)[C@@H](O)C(O)C1O. The Morgan fingerprint density at radius 3 is 1.08 bits per heavy atom. The number of aliphatic hydroxyl groups is 12. The first-order chi connectivity index (χ1) is 40.3. The Kier molecular flexibility index (Phi) is 38.8. The highest BCUT2D eigenvalue weighted by Crippen LogP contribution is 2.31. The maximum atomic E-state index is 12.5. The van der Waals surface area contributed by atoms with Gasteiger partial charge in [0.25, 0.3) is 0 Å². The summed E-state index contributed by atoms with van der Waals surface area (Å²) in [6, 6.07) is 0. The van der Waals surface area contributed by atoms with Crippen molar-refractivity contribution in [3.8, 4) is 0 Å².